The van der Waals surface area contributed by atoms with Crippen LogP contribution in [0.1, 0.15) is 24.0 Å². The summed E-state index contributed by atoms with van der Waals surface area (Å²) in [6, 6.07) is 13.8. The van der Waals surface area contributed by atoms with Crippen LogP contribution in [-0.4, -0.2) is 42.1 Å². The van der Waals surface area contributed by atoms with Crippen LogP contribution >= 0.6 is 15.9 Å². The van der Waals surface area contributed by atoms with Gasteiger partial charge in [-0.25, -0.2) is 0 Å². The number of fused-ring (bicyclic) bond motifs is 1. The molecule has 0 amide bonds. The SMILES string of the molecule is COc1ccc(CNc2nnc(N3CCC(CO)CC3)c3ccc(C#N)cc23)cc1Br. The summed E-state index contributed by atoms with van der Waals surface area (Å²) in [6.07, 6.45) is 1.87. The van der Waals surface area contributed by atoms with Crippen LogP contribution in [0.2, 0.25) is 0 Å². The molecule has 31 heavy (non-hydrogen) atoms. The Morgan fingerprint density at radius 2 is 2.00 bits per heavy atom. The Bertz CT molecular complexity index is 1120. The highest BCUT2D eigenvalue weighted by atomic mass is 79.9. The average Bonchev–Trinajstić information content (AvgIpc) is 2.82. The Kier molecular flexibility index (Phi) is 6.54. The second-order valence-electron chi connectivity index (χ2n) is 7.68. The number of halogens is 1. The van der Waals surface area contributed by atoms with Crippen LogP contribution < -0.4 is 15.0 Å². The van der Waals surface area contributed by atoms with Crippen LogP contribution in [0.4, 0.5) is 11.6 Å². The number of ether oxygens (including phenoxy) is 1. The Balaban J connectivity index is 1.63. The molecular formula is C23H24BrN5O2. The van der Waals surface area contributed by atoms with Gasteiger partial charge in [-0.2, -0.15) is 5.26 Å². The molecule has 1 aliphatic rings. The highest BCUT2D eigenvalue weighted by molar-refractivity contribution is 9.10. The third-order valence-corrected chi connectivity index (χ3v) is 6.36. The number of aliphatic hydroxyl groups is 1. The molecule has 0 unspecified atom stereocenters. The molecule has 160 valence electrons. The number of methoxy groups -OCH3 is 1. The normalized spacial score (nSPS) is 14.5. The zero-order valence-corrected chi connectivity index (χ0v) is 18.9. The highest BCUT2D eigenvalue weighted by Crippen LogP contribution is 2.32. The van der Waals surface area contributed by atoms with Crippen LogP contribution in [0.25, 0.3) is 10.8 Å². The maximum atomic E-state index is 9.42. The minimum Gasteiger partial charge on any atom is -0.496 e. The number of piperidine rings is 1. The van der Waals surface area contributed by atoms with Crippen molar-refractivity contribution >= 4 is 38.3 Å². The van der Waals surface area contributed by atoms with Crippen LogP contribution in [0, 0.1) is 17.2 Å². The van der Waals surface area contributed by atoms with Gasteiger partial charge in [0.25, 0.3) is 0 Å². The average molecular weight is 482 g/mol. The number of nitrogens with one attached hydrogen (secondary N) is 1. The fourth-order valence-corrected chi connectivity index (χ4v) is 4.50. The van der Waals surface area contributed by atoms with Gasteiger partial charge >= 0.3 is 0 Å². The second kappa shape index (κ2) is 9.50. The minimum atomic E-state index is 0.232. The summed E-state index contributed by atoms with van der Waals surface area (Å²) in [4.78, 5) is 2.22. The van der Waals surface area contributed by atoms with E-state index in [2.05, 4.69) is 42.4 Å². The molecule has 0 bridgehead atoms. The molecule has 4 rings (SSSR count). The Hall–Kier alpha value is -2.89. The number of nitrogens with zero attached hydrogens (tertiary/aromatic N) is 4. The molecule has 0 radical (unpaired) electrons. The van der Waals surface area contributed by atoms with E-state index in [4.69, 9.17) is 4.74 Å². The summed E-state index contributed by atoms with van der Waals surface area (Å²) in [6.45, 7) is 2.46. The van der Waals surface area contributed by atoms with Crippen LogP contribution in [0.5, 0.6) is 5.75 Å². The zero-order valence-electron chi connectivity index (χ0n) is 17.3. The Morgan fingerprint density at radius 3 is 2.68 bits per heavy atom. The Morgan fingerprint density at radius 1 is 1.19 bits per heavy atom. The predicted octanol–water partition coefficient (Wildman–Crippen LogP) is 4.09. The second-order valence-corrected chi connectivity index (χ2v) is 8.53. The van der Waals surface area contributed by atoms with E-state index < -0.39 is 0 Å². The number of nitriles is 1. The molecule has 0 atom stereocenters. The van der Waals surface area contributed by atoms with Crippen LogP contribution in [-0.2, 0) is 6.54 Å². The van der Waals surface area contributed by atoms with Crippen molar-refractivity contribution in [2.24, 2.45) is 5.92 Å². The standard InChI is InChI=1S/C23H24BrN5O2/c1-31-21-5-3-17(11-20(21)24)13-26-22-19-10-16(12-25)2-4-18(19)23(28-27-22)29-8-6-15(14-30)7-9-29/h2-5,10-11,15,30H,6-9,13-14H2,1H3,(H,26,27). The first kappa shape index (κ1) is 21.3. The van der Waals surface area contributed by atoms with Gasteiger partial charge in [0.1, 0.15) is 5.75 Å². The van der Waals surface area contributed by atoms with E-state index in [1.807, 2.05) is 36.4 Å². The molecule has 1 aliphatic heterocycles. The molecule has 0 spiro atoms. The zero-order chi connectivity index (χ0) is 21.8. The third-order valence-electron chi connectivity index (χ3n) is 5.74. The van der Waals surface area contributed by atoms with Crippen molar-refractivity contribution in [2.45, 2.75) is 19.4 Å². The van der Waals surface area contributed by atoms with Gasteiger partial charge in [-0.05, 0) is 70.6 Å². The third kappa shape index (κ3) is 4.58. The van der Waals surface area contributed by atoms with E-state index in [-0.39, 0.29) is 6.61 Å². The molecule has 2 heterocycles. The maximum absolute atomic E-state index is 9.42. The molecule has 1 saturated heterocycles. The summed E-state index contributed by atoms with van der Waals surface area (Å²) in [7, 11) is 1.64. The molecule has 7 nitrogen and oxygen atoms in total. The molecule has 2 aromatic carbocycles. The first-order valence-corrected chi connectivity index (χ1v) is 11.0. The molecule has 0 saturated carbocycles. The van der Waals surface area contributed by atoms with Crippen LogP contribution in [0.15, 0.2) is 40.9 Å². The largest absolute Gasteiger partial charge is 0.496 e. The van der Waals surface area contributed by atoms with Crippen molar-refractivity contribution in [3.8, 4) is 11.8 Å². The monoisotopic (exact) mass is 481 g/mol. The summed E-state index contributed by atoms with van der Waals surface area (Å²) in [5, 5.41) is 33.0. The maximum Gasteiger partial charge on any atom is 0.159 e. The van der Waals surface area contributed by atoms with E-state index >= 15 is 0 Å². The molecule has 1 aromatic heterocycles. The van der Waals surface area contributed by atoms with Gasteiger partial charge in [0.15, 0.2) is 11.6 Å². The number of anilines is 2. The molecule has 1 fully saturated rings. The molecule has 3 aromatic rings. The lowest BCUT2D eigenvalue weighted by molar-refractivity contribution is 0.203. The fraction of sp³-hybridized carbons (Fsp3) is 0.348. The van der Waals surface area contributed by atoms with Crippen molar-refractivity contribution in [3.05, 3.63) is 52.0 Å². The van der Waals surface area contributed by atoms with Gasteiger partial charge in [0.2, 0.25) is 0 Å². The lowest BCUT2D eigenvalue weighted by Gasteiger charge is -2.32. The fourth-order valence-electron chi connectivity index (χ4n) is 3.91. The number of benzene rings is 2. The van der Waals surface area contributed by atoms with Crippen molar-refractivity contribution in [3.63, 3.8) is 0 Å². The van der Waals surface area contributed by atoms with E-state index in [0.717, 1.165) is 58.3 Å². The van der Waals surface area contributed by atoms with E-state index in [9.17, 15) is 10.4 Å². The van der Waals surface area contributed by atoms with Crippen molar-refractivity contribution in [1.82, 2.24) is 10.2 Å². The smallest absolute Gasteiger partial charge is 0.159 e. The number of aromatic nitrogens is 2. The number of hydrogen-bond donors (Lipinski definition) is 2. The van der Waals surface area contributed by atoms with Gasteiger partial charge in [0.05, 0.1) is 23.2 Å². The molecule has 8 heteroatoms. The summed E-state index contributed by atoms with van der Waals surface area (Å²) < 4.78 is 6.18. The molecule has 0 aliphatic carbocycles. The van der Waals surface area contributed by atoms with Gasteiger partial charge < -0.3 is 20.1 Å². The van der Waals surface area contributed by atoms with E-state index in [1.165, 1.54) is 0 Å². The summed E-state index contributed by atoms with van der Waals surface area (Å²) in [5.41, 5.74) is 1.65. The summed E-state index contributed by atoms with van der Waals surface area (Å²) >= 11 is 3.52. The van der Waals surface area contributed by atoms with Crippen LogP contribution in [0.3, 0.4) is 0 Å². The first-order valence-electron chi connectivity index (χ1n) is 10.3. The molecular weight excluding hydrogens is 458 g/mol. The number of aliphatic hydroxyl groups excluding tert-OH is 1. The van der Waals surface area contributed by atoms with E-state index in [1.54, 1.807) is 7.11 Å². The van der Waals surface area contributed by atoms with Gasteiger partial charge in [-0.1, -0.05) is 6.07 Å². The first-order chi connectivity index (χ1) is 15.1. The quantitative estimate of drug-likeness (QED) is 0.547. The lowest BCUT2D eigenvalue weighted by atomic mass is 9.97. The van der Waals surface area contributed by atoms with Crippen molar-refractivity contribution in [2.75, 3.05) is 37.0 Å². The summed E-state index contributed by atoms with van der Waals surface area (Å²) in [5.74, 6) is 2.61. The highest BCUT2D eigenvalue weighted by Gasteiger charge is 2.22. The van der Waals surface area contributed by atoms with Gasteiger partial charge in [0, 0.05) is 37.0 Å². The lowest BCUT2D eigenvalue weighted by Crippen LogP contribution is -2.35. The number of hydrogen-bond acceptors (Lipinski definition) is 7. The minimum absolute atomic E-state index is 0.232. The van der Waals surface area contributed by atoms with Gasteiger partial charge in [-0.15, -0.1) is 10.2 Å². The Labute approximate surface area is 189 Å². The topological polar surface area (TPSA) is 94.3 Å². The number of rotatable bonds is 6. The van der Waals surface area contributed by atoms with E-state index in [0.29, 0.717) is 23.8 Å². The van der Waals surface area contributed by atoms with Crippen molar-refractivity contribution in [1.29, 1.82) is 5.26 Å². The molecule has 2 N–H and O–H groups in total. The van der Waals surface area contributed by atoms with Gasteiger partial charge in [-0.3, -0.25) is 0 Å². The van der Waals surface area contributed by atoms with Crippen molar-refractivity contribution < 1.29 is 9.84 Å². The predicted molar refractivity (Wildman–Crippen MR) is 124 cm³/mol.